The molecule has 172 valence electrons. The number of benzene rings is 1. The first-order valence-electron chi connectivity index (χ1n) is 11.2. The molecule has 0 amide bonds. The fraction of sp³-hybridized carbons (Fsp3) is 0.696. The van der Waals surface area contributed by atoms with E-state index in [-0.39, 0.29) is 11.4 Å². The minimum atomic E-state index is -0.978. The summed E-state index contributed by atoms with van der Waals surface area (Å²) in [7, 11) is 0. The molecule has 0 aliphatic rings. The molecule has 6 nitrogen and oxygen atoms in total. The third-order valence-corrected chi connectivity index (χ3v) is 4.83. The van der Waals surface area contributed by atoms with Crippen LogP contribution in [-0.2, 0) is 0 Å². The van der Waals surface area contributed by atoms with E-state index < -0.39 is 10.4 Å². The van der Waals surface area contributed by atoms with Crippen molar-refractivity contribution in [3.8, 4) is 5.75 Å². The van der Waals surface area contributed by atoms with Crippen LogP contribution in [0.3, 0.4) is 0 Å². The molecule has 0 atom stereocenters. The van der Waals surface area contributed by atoms with E-state index in [9.17, 15) is 14.9 Å². The smallest absolute Gasteiger partial charge is 0.409 e. The highest BCUT2D eigenvalue weighted by Crippen LogP contribution is 2.17. The molecule has 0 fully saturated rings. The van der Waals surface area contributed by atoms with Crippen molar-refractivity contribution in [1.82, 2.24) is 0 Å². The molecule has 0 aliphatic carbocycles. The highest BCUT2D eigenvalue weighted by molar-refractivity contribution is 6.61. The van der Waals surface area contributed by atoms with Gasteiger partial charge in [-0.25, -0.2) is 4.79 Å². The van der Waals surface area contributed by atoms with Crippen molar-refractivity contribution in [2.24, 2.45) is 0 Å². The van der Waals surface area contributed by atoms with Crippen molar-refractivity contribution >= 4 is 22.7 Å². The molecule has 0 heterocycles. The Labute approximate surface area is 186 Å². The van der Waals surface area contributed by atoms with Gasteiger partial charge in [0, 0.05) is 30.3 Å². The lowest BCUT2D eigenvalue weighted by molar-refractivity contribution is -0.384. The highest BCUT2D eigenvalue weighted by Gasteiger charge is 2.05. The second kappa shape index (κ2) is 20.6. The molecule has 0 aromatic heterocycles. The number of hydrogen-bond donors (Lipinski definition) is 1. The van der Waals surface area contributed by atoms with E-state index >= 15 is 0 Å². The van der Waals surface area contributed by atoms with E-state index in [2.05, 4.69) is 11.7 Å². The van der Waals surface area contributed by atoms with Gasteiger partial charge in [0.2, 0.25) is 0 Å². The number of nitro benzene ring substituents is 1. The summed E-state index contributed by atoms with van der Waals surface area (Å²) in [5, 5.41) is 18.8. The molecule has 0 aliphatic heterocycles. The number of unbranched alkanes of at least 4 members (excludes halogenated alkanes) is 13. The molecule has 0 saturated carbocycles. The molecule has 7 heteroatoms. The van der Waals surface area contributed by atoms with Crippen molar-refractivity contribution in [3.05, 3.63) is 34.4 Å². The SMILES string of the molecule is CCCCCCCCCCCCCCCCO.O=C(Cl)Oc1ccc([N+](=O)[O-])cc1. The Balaban J connectivity index is 0.000000579. The van der Waals surface area contributed by atoms with Crippen LogP contribution in [0.2, 0.25) is 0 Å². The van der Waals surface area contributed by atoms with Crippen molar-refractivity contribution < 1.29 is 19.6 Å². The van der Waals surface area contributed by atoms with Crippen molar-refractivity contribution in [2.45, 2.75) is 96.8 Å². The monoisotopic (exact) mass is 443 g/mol. The Morgan fingerprint density at radius 3 is 1.60 bits per heavy atom. The molecule has 30 heavy (non-hydrogen) atoms. The fourth-order valence-corrected chi connectivity index (χ4v) is 3.12. The third-order valence-electron chi connectivity index (χ3n) is 4.76. The number of halogens is 1. The molecular weight excluding hydrogens is 406 g/mol. The van der Waals surface area contributed by atoms with Gasteiger partial charge in [-0.3, -0.25) is 10.1 Å². The first-order valence-corrected chi connectivity index (χ1v) is 11.6. The molecule has 0 spiro atoms. The van der Waals surface area contributed by atoms with Gasteiger partial charge in [0.25, 0.3) is 5.69 Å². The predicted octanol–water partition coefficient (Wildman–Crippen LogP) is 7.79. The highest BCUT2D eigenvalue weighted by atomic mass is 35.5. The first-order chi connectivity index (χ1) is 14.5. The van der Waals surface area contributed by atoms with E-state index in [1.807, 2.05) is 0 Å². The van der Waals surface area contributed by atoms with Gasteiger partial charge in [-0.2, -0.15) is 0 Å². The topological polar surface area (TPSA) is 89.7 Å². The molecule has 0 radical (unpaired) electrons. The summed E-state index contributed by atoms with van der Waals surface area (Å²) in [6.45, 7) is 2.65. The quantitative estimate of drug-likeness (QED) is 0.122. The van der Waals surface area contributed by atoms with E-state index in [0.717, 1.165) is 6.42 Å². The lowest BCUT2D eigenvalue weighted by atomic mass is 10.0. The normalized spacial score (nSPS) is 10.2. The Morgan fingerprint density at radius 2 is 1.27 bits per heavy atom. The average Bonchev–Trinajstić information content (AvgIpc) is 2.72. The van der Waals surface area contributed by atoms with Gasteiger partial charge in [-0.05, 0) is 18.6 Å². The molecule has 1 aromatic carbocycles. The number of non-ortho nitro benzene ring substituents is 1. The van der Waals surface area contributed by atoms with Crippen LogP contribution in [0.25, 0.3) is 0 Å². The Morgan fingerprint density at radius 1 is 0.867 bits per heavy atom. The summed E-state index contributed by atoms with van der Waals surface area (Å²) in [6.07, 6.45) is 19.2. The zero-order valence-corrected chi connectivity index (χ0v) is 19.1. The van der Waals surface area contributed by atoms with Gasteiger partial charge < -0.3 is 9.84 Å². The van der Waals surface area contributed by atoms with Crippen LogP contribution >= 0.6 is 11.6 Å². The van der Waals surface area contributed by atoms with Gasteiger partial charge in [0.1, 0.15) is 5.75 Å². The van der Waals surface area contributed by atoms with Crippen molar-refractivity contribution in [2.75, 3.05) is 6.61 Å². The number of hydrogen-bond acceptors (Lipinski definition) is 5. The maximum Gasteiger partial charge on any atom is 0.409 e. The number of rotatable bonds is 16. The predicted molar refractivity (Wildman–Crippen MR) is 122 cm³/mol. The summed E-state index contributed by atoms with van der Waals surface area (Å²) >= 11 is 4.92. The summed E-state index contributed by atoms with van der Waals surface area (Å²) in [6, 6.07) is 5.02. The summed E-state index contributed by atoms with van der Waals surface area (Å²) < 4.78 is 4.45. The molecule has 0 bridgehead atoms. The molecule has 1 aromatic rings. The molecule has 0 unspecified atom stereocenters. The number of aliphatic hydroxyl groups excluding tert-OH is 1. The van der Waals surface area contributed by atoms with Crippen LogP contribution in [0, 0.1) is 10.1 Å². The molecule has 1 N–H and O–H groups in total. The van der Waals surface area contributed by atoms with Crippen LogP contribution in [0.1, 0.15) is 96.8 Å². The fourth-order valence-electron chi connectivity index (χ4n) is 3.03. The Bertz CT molecular complexity index is 537. The van der Waals surface area contributed by atoms with E-state index in [1.165, 1.54) is 108 Å². The second-order valence-corrected chi connectivity index (χ2v) is 7.72. The standard InChI is InChI=1S/C16H34O.C7H4ClNO4/c1-2-3-4-5-6-7-8-9-10-11-12-13-14-15-16-17;8-7(10)13-6-3-1-5(2-4-6)9(11)12/h17H,2-16H2,1H3;1-4H. The van der Waals surface area contributed by atoms with Gasteiger partial charge in [-0.1, -0.05) is 90.4 Å². The Kier molecular flexibility index (Phi) is 19.5. The second-order valence-electron chi connectivity index (χ2n) is 7.41. The zero-order valence-electron chi connectivity index (χ0n) is 18.3. The number of carbonyl (C=O) groups is 1. The third kappa shape index (κ3) is 18.4. The van der Waals surface area contributed by atoms with Crippen LogP contribution < -0.4 is 4.74 Å². The van der Waals surface area contributed by atoms with E-state index in [1.54, 1.807) is 0 Å². The van der Waals surface area contributed by atoms with Gasteiger partial charge in [0.05, 0.1) is 4.92 Å². The number of carbonyl (C=O) groups excluding carboxylic acids is 1. The number of nitro groups is 1. The molecule has 1 rings (SSSR count). The van der Waals surface area contributed by atoms with E-state index in [0.29, 0.717) is 6.61 Å². The Hall–Kier alpha value is -1.66. The number of nitrogens with zero attached hydrogens (tertiary/aromatic N) is 1. The summed E-state index contributed by atoms with van der Waals surface area (Å²) in [5.74, 6) is 0.172. The van der Waals surface area contributed by atoms with Crippen LogP contribution in [0.4, 0.5) is 10.5 Å². The molecular formula is C23H38ClNO5. The summed E-state index contributed by atoms with van der Waals surface area (Å²) in [5.41, 5.74) is -1.05. The van der Waals surface area contributed by atoms with Crippen LogP contribution in [0.5, 0.6) is 5.75 Å². The minimum Gasteiger partial charge on any atom is -0.414 e. The lowest BCUT2D eigenvalue weighted by Gasteiger charge is -2.02. The van der Waals surface area contributed by atoms with Gasteiger partial charge in [-0.15, -0.1) is 0 Å². The first kappa shape index (κ1) is 28.3. The van der Waals surface area contributed by atoms with Gasteiger partial charge in [0.15, 0.2) is 0 Å². The van der Waals surface area contributed by atoms with Crippen molar-refractivity contribution in [1.29, 1.82) is 0 Å². The summed E-state index contributed by atoms with van der Waals surface area (Å²) in [4.78, 5) is 19.9. The maximum atomic E-state index is 10.2. The van der Waals surface area contributed by atoms with E-state index in [4.69, 9.17) is 16.7 Å². The van der Waals surface area contributed by atoms with Crippen molar-refractivity contribution in [3.63, 3.8) is 0 Å². The minimum absolute atomic E-state index is 0.0747. The van der Waals surface area contributed by atoms with Crippen LogP contribution in [-0.4, -0.2) is 22.1 Å². The van der Waals surface area contributed by atoms with Gasteiger partial charge >= 0.3 is 5.43 Å². The molecule has 0 saturated heterocycles. The number of aliphatic hydroxyl groups is 1. The number of ether oxygens (including phenoxy) is 1. The maximum absolute atomic E-state index is 10.2. The largest absolute Gasteiger partial charge is 0.414 e. The lowest BCUT2D eigenvalue weighted by Crippen LogP contribution is -1.96. The zero-order chi connectivity index (χ0) is 22.5. The average molecular weight is 444 g/mol. The van der Waals surface area contributed by atoms with Crippen LogP contribution in [0.15, 0.2) is 24.3 Å².